The first-order chi connectivity index (χ1) is 15.8. The van der Waals surface area contributed by atoms with Crippen LogP contribution in [0.3, 0.4) is 0 Å². The Morgan fingerprint density at radius 3 is 2.58 bits per heavy atom. The predicted octanol–water partition coefficient (Wildman–Crippen LogP) is 1.49. The van der Waals surface area contributed by atoms with Crippen LogP contribution in [0.2, 0.25) is 0 Å². The minimum absolute atomic E-state index is 0.0864. The van der Waals surface area contributed by atoms with Gasteiger partial charge in [0, 0.05) is 38.3 Å². The van der Waals surface area contributed by atoms with E-state index in [-0.39, 0.29) is 22.9 Å². The molecule has 2 heterocycles. The number of sulfonamides is 1. The normalized spacial score (nSPS) is 15.2. The molecule has 0 aliphatic carbocycles. The lowest BCUT2D eigenvalue weighted by Gasteiger charge is -2.34. The van der Waals surface area contributed by atoms with E-state index in [9.17, 15) is 18.0 Å². The second-order valence-corrected chi connectivity index (χ2v) is 9.84. The summed E-state index contributed by atoms with van der Waals surface area (Å²) >= 11 is 0. The van der Waals surface area contributed by atoms with Crippen LogP contribution in [0.4, 0.5) is 0 Å². The van der Waals surface area contributed by atoms with Crippen LogP contribution in [0.15, 0.2) is 52.2 Å². The number of carbonyl (C=O) groups excluding carboxylic acids is 1. The summed E-state index contributed by atoms with van der Waals surface area (Å²) < 4.78 is 27.1. The van der Waals surface area contributed by atoms with Gasteiger partial charge < -0.3 is 9.88 Å². The highest BCUT2D eigenvalue weighted by Crippen LogP contribution is 2.19. The summed E-state index contributed by atoms with van der Waals surface area (Å²) in [7, 11) is -3.64. The van der Waals surface area contributed by atoms with Gasteiger partial charge in [0.1, 0.15) is 5.82 Å². The van der Waals surface area contributed by atoms with Crippen molar-refractivity contribution in [2.24, 2.45) is 0 Å². The summed E-state index contributed by atoms with van der Waals surface area (Å²) in [4.78, 5) is 36.8. The molecule has 1 aliphatic rings. The molecule has 0 radical (unpaired) electrons. The Morgan fingerprint density at radius 2 is 1.85 bits per heavy atom. The maximum absolute atomic E-state index is 13.1. The third-order valence-electron chi connectivity index (χ3n) is 5.78. The number of aryl methyl sites for hydroxylation is 1. The number of aromatic nitrogens is 2. The van der Waals surface area contributed by atoms with Crippen molar-refractivity contribution in [2.75, 3.05) is 32.7 Å². The number of carbonyl (C=O) groups is 1. The minimum Gasteiger partial charge on any atom is -0.336 e. The molecule has 9 nitrogen and oxygen atoms in total. The number of amides is 1. The lowest BCUT2D eigenvalue weighted by molar-refractivity contribution is 0.0624. The van der Waals surface area contributed by atoms with E-state index in [4.69, 9.17) is 0 Å². The van der Waals surface area contributed by atoms with E-state index in [1.165, 1.54) is 12.1 Å². The Kier molecular flexibility index (Phi) is 6.59. The third-order valence-corrected chi connectivity index (χ3v) is 7.32. The second-order valence-electron chi connectivity index (χ2n) is 8.08. The van der Waals surface area contributed by atoms with Gasteiger partial charge in [0.2, 0.25) is 10.0 Å². The van der Waals surface area contributed by atoms with E-state index in [2.05, 4.69) is 19.6 Å². The zero-order chi connectivity index (χ0) is 23.6. The largest absolute Gasteiger partial charge is 0.336 e. The smallest absolute Gasteiger partial charge is 0.258 e. The molecule has 0 bridgehead atoms. The Balaban J connectivity index is 1.44. The maximum Gasteiger partial charge on any atom is 0.258 e. The molecule has 1 amide bonds. The van der Waals surface area contributed by atoms with Gasteiger partial charge in [-0.15, -0.1) is 0 Å². The van der Waals surface area contributed by atoms with Crippen molar-refractivity contribution in [2.45, 2.75) is 25.3 Å². The number of hydrogen-bond acceptors (Lipinski definition) is 6. The molecule has 1 aromatic heterocycles. The number of rotatable bonds is 6. The Bertz CT molecular complexity index is 1340. The van der Waals surface area contributed by atoms with Crippen molar-refractivity contribution in [3.63, 3.8) is 0 Å². The number of hydrogen-bond donors (Lipinski definition) is 2. The van der Waals surface area contributed by atoms with Crippen molar-refractivity contribution in [1.29, 1.82) is 0 Å². The fourth-order valence-corrected chi connectivity index (χ4v) is 5.04. The summed E-state index contributed by atoms with van der Waals surface area (Å²) in [5, 5.41) is 0.561. The van der Waals surface area contributed by atoms with Crippen LogP contribution in [0, 0.1) is 6.92 Å². The molecule has 2 N–H and O–H groups in total. The predicted molar refractivity (Wildman–Crippen MR) is 126 cm³/mol. The lowest BCUT2D eigenvalue weighted by atomic mass is 10.1. The average Bonchev–Trinajstić information content (AvgIpc) is 2.79. The van der Waals surface area contributed by atoms with Crippen molar-refractivity contribution in [1.82, 2.24) is 24.5 Å². The van der Waals surface area contributed by atoms with E-state index in [1.54, 1.807) is 30.9 Å². The molecule has 3 aromatic rings. The van der Waals surface area contributed by atoms with Crippen molar-refractivity contribution in [3.8, 4) is 0 Å². The zero-order valence-electron chi connectivity index (χ0n) is 18.7. The van der Waals surface area contributed by atoms with Crippen LogP contribution in [0.1, 0.15) is 28.7 Å². The number of nitrogens with zero attached hydrogens (tertiary/aromatic N) is 3. The molecule has 10 heteroatoms. The molecule has 4 rings (SSSR count). The summed E-state index contributed by atoms with van der Waals surface area (Å²) in [6, 6.07) is 11.8. The summed E-state index contributed by atoms with van der Waals surface area (Å²) in [5.74, 6) is 0.411. The fourth-order valence-electron chi connectivity index (χ4n) is 3.97. The SMILES string of the molecule is CCNS(=O)(=O)c1ccc(C)c(C(=O)N2CCN(Cc3nc4ccccc4c(=O)[nH]3)CC2)c1. The molecule has 2 aromatic carbocycles. The number of benzene rings is 2. The van der Waals surface area contributed by atoms with E-state index < -0.39 is 10.0 Å². The fraction of sp³-hybridized carbons (Fsp3) is 0.348. The van der Waals surface area contributed by atoms with Gasteiger partial charge in [0.05, 0.1) is 22.3 Å². The highest BCUT2D eigenvalue weighted by Gasteiger charge is 2.25. The third kappa shape index (κ3) is 4.97. The standard InChI is InChI=1S/C23H27N5O4S/c1-3-24-33(31,32)17-9-8-16(2)19(14-17)23(30)28-12-10-27(11-13-28)15-21-25-20-7-5-4-6-18(20)22(29)26-21/h4-9,14,24H,3,10-13,15H2,1-2H3,(H,25,26,29). The van der Waals surface area contributed by atoms with Crippen molar-refractivity contribution in [3.05, 3.63) is 69.8 Å². The number of nitrogens with one attached hydrogen (secondary N) is 2. The Hall–Kier alpha value is -3.08. The number of fused-ring (bicyclic) bond motifs is 1. The van der Waals surface area contributed by atoms with Crippen LogP contribution < -0.4 is 10.3 Å². The molecule has 0 atom stereocenters. The summed E-state index contributed by atoms with van der Waals surface area (Å²) in [5.41, 5.74) is 1.62. The van der Waals surface area contributed by atoms with Crippen molar-refractivity contribution >= 4 is 26.8 Å². The van der Waals surface area contributed by atoms with Gasteiger partial charge in [0.25, 0.3) is 11.5 Å². The molecule has 0 spiro atoms. The monoisotopic (exact) mass is 469 g/mol. The first-order valence-corrected chi connectivity index (χ1v) is 12.4. The first-order valence-electron chi connectivity index (χ1n) is 10.9. The van der Waals surface area contributed by atoms with Gasteiger partial charge in [-0.2, -0.15) is 0 Å². The molecule has 174 valence electrons. The summed E-state index contributed by atoms with van der Waals surface area (Å²) in [6.07, 6.45) is 0. The van der Waals surface area contributed by atoms with E-state index in [0.717, 1.165) is 5.56 Å². The maximum atomic E-state index is 13.1. The molecular formula is C23H27N5O4S. The average molecular weight is 470 g/mol. The van der Waals surface area contributed by atoms with Crippen LogP contribution in [0.5, 0.6) is 0 Å². The molecular weight excluding hydrogens is 442 g/mol. The van der Waals surface area contributed by atoms with Gasteiger partial charge in [-0.25, -0.2) is 18.1 Å². The van der Waals surface area contributed by atoms with Gasteiger partial charge in [-0.3, -0.25) is 14.5 Å². The minimum atomic E-state index is -3.64. The summed E-state index contributed by atoms with van der Waals surface area (Å²) in [6.45, 7) is 6.51. The van der Waals surface area contributed by atoms with Crippen LogP contribution in [-0.4, -0.2) is 66.8 Å². The topological polar surface area (TPSA) is 115 Å². The number of para-hydroxylation sites is 1. The van der Waals surface area contributed by atoms with Crippen molar-refractivity contribution < 1.29 is 13.2 Å². The van der Waals surface area contributed by atoms with Gasteiger partial charge in [-0.05, 0) is 36.8 Å². The molecule has 0 saturated carbocycles. The number of aromatic amines is 1. The molecule has 1 aliphatic heterocycles. The first kappa shape index (κ1) is 23.1. The number of piperazine rings is 1. The van der Waals surface area contributed by atoms with E-state index >= 15 is 0 Å². The van der Waals surface area contributed by atoms with Crippen LogP contribution in [-0.2, 0) is 16.6 Å². The lowest BCUT2D eigenvalue weighted by Crippen LogP contribution is -2.48. The molecule has 33 heavy (non-hydrogen) atoms. The van der Waals surface area contributed by atoms with Gasteiger partial charge >= 0.3 is 0 Å². The van der Waals surface area contributed by atoms with E-state index in [1.807, 2.05) is 18.2 Å². The molecule has 0 unspecified atom stereocenters. The Labute approximate surface area is 192 Å². The molecule has 1 fully saturated rings. The zero-order valence-corrected chi connectivity index (χ0v) is 19.5. The highest BCUT2D eigenvalue weighted by molar-refractivity contribution is 7.89. The van der Waals surface area contributed by atoms with Crippen LogP contribution >= 0.6 is 0 Å². The molecule has 1 saturated heterocycles. The quantitative estimate of drug-likeness (QED) is 0.565. The highest BCUT2D eigenvalue weighted by atomic mass is 32.2. The number of H-pyrrole nitrogens is 1. The van der Waals surface area contributed by atoms with Gasteiger partial charge in [-0.1, -0.05) is 25.1 Å². The Morgan fingerprint density at radius 1 is 1.12 bits per heavy atom. The van der Waals surface area contributed by atoms with Gasteiger partial charge in [0.15, 0.2) is 0 Å². The van der Waals surface area contributed by atoms with Crippen LogP contribution in [0.25, 0.3) is 10.9 Å². The van der Waals surface area contributed by atoms with E-state index in [0.29, 0.717) is 55.0 Å². The second kappa shape index (κ2) is 9.42.